The minimum atomic E-state index is 0.486. The van der Waals surface area contributed by atoms with Crippen LogP contribution in [0.5, 0.6) is 0 Å². The molecular weight excluding hydrogens is 180 g/mol. The molecule has 0 aromatic carbocycles. The molecule has 0 saturated heterocycles. The normalized spacial score (nSPS) is 40.6. The Morgan fingerprint density at radius 3 is 2.87 bits per heavy atom. The highest BCUT2D eigenvalue weighted by Crippen LogP contribution is 2.53. The molecular formula is C15H24. The Hall–Kier alpha value is -0.520. The van der Waals surface area contributed by atoms with Crippen LogP contribution in [0.2, 0.25) is 0 Å². The number of allylic oxidation sites excluding steroid dienone is 3. The second-order valence-electron chi connectivity index (χ2n) is 5.91. The summed E-state index contributed by atoms with van der Waals surface area (Å²) in [6.45, 7) is 11.3. The van der Waals surface area contributed by atoms with E-state index in [0.717, 1.165) is 11.8 Å². The van der Waals surface area contributed by atoms with Crippen LogP contribution in [-0.4, -0.2) is 0 Å². The van der Waals surface area contributed by atoms with Gasteiger partial charge in [0.15, 0.2) is 0 Å². The summed E-state index contributed by atoms with van der Waals surface area (Å²) in [6.07, 6.45) is 9.21. The standard InChI is InChI=1S/C15H24/c1-11(2)13-8-9-14-7-5-6-12(3)15(14,4)10-13/h7,12-13H,1,5-6,8-10H2,2-4H3/t12-,13+,15?/m0/s1. The average Bonchev–Trinajstić information content (AvgIpc) is 2.19. The van der Waals surface area contributed by atoms with Crippen molar-refractivity contribution in [1.82, 2.24) is 0 Å². The van der Waals surface area contributed by atoms with Crippen molar-refractivity contribution in [2.75, 3.05) is 0 Å². The Balaban J connectivity index is 2.24. The van der Waals surface area contributed by atoms with Crippen LogP contribution in [-0.2, 0) is 0 Å². The van der Waals surface area contributed by atoms with Crippen molar-refractivity contribution in [3.8, 4) is 0 Å². The molecule has 2 rings (SSSR count). The molecule has 0 spiro atoms. The third kappa shape index (κ3) is 1.79. The molecule has 0 radical (unpaired) electrons. The monoisotopic (exact) mass is 204 g/mol. The van der Waals surface area contributed by atoms with Crippen LogP contribution in [0.15, 0.2) is 23.8 Å². The third-order valence-electron chi connectivity index (χ3n) is 4.94. The van der Waals surface area contributed by atoms with E-state index >= 15 is 0 Å². The maximum Gasteiger partial charge on any atom is -0.00850 e. The second-order valence-corrected chi connectivity index (χ2v) is 5.91. The highest BCUT2D eigenvalue weighted by atomic mass is 14.5. The Kier molecular flexibility index (Phi) is 2.79. The summed E-state index contributed by atoms with van der Waals surface area (Å²) in [5.74, 6) is 1.63. The second kappa shape index (κ2) is 3.81. The predicted molar refractivity (Wildman–Crippen MR) is 66.7 cm³/mol. The molecule has 2 aliphatic carbocycles. The summed E-state index contributed by atoms with van der Waals surface area (Å²) in [7, 11) is 0. The zero-order valence-corrected chi connectivity index (χ0v) is 10.5. The molecule has 1 fully saturated rings. The first-order valence-corrected chi connectivity index (χ1v) is 6.39. The maximum absolute atomic E-state index is 4.15. The van der Waals surface area contributed by atoms with Crippen LogP contribution in [0.3, 0.4) is 0 Å². The van der Waals surface area contributed by atoms with Crippen LogP contribution < -0.4 is 0 Å². The van der Waals surface area contributed by atoms with Gasteiger partial charge in [-0.25, -0.2) is 0 Å². The first-order valence-electron chi connectivity index (χ1n) is 6.39. The van der Waals surface area contributed by atoms with Gasteiger partial charge >= 0.3 is 0 Å². The first kappa shape index (κ1) is 11.0. The molecule has 0 heteroatoms. The quantitative estimate of drug-likeness (QED) is 0.542. The Morgan fingerprint density at radius 1 is 1.47 bits per heavy atom. The van der Waals surface area contributed by atoms with Crippen molar-refractivity contribution < 1.29 is 0 Å². The minimum absolute atomic E-state index is 0.486. The van der Waals surface area contributed by atoms with Gasteiger partial charge in [-0.3, -0.25) is 0 Å². The van der Waals surface area contributed by atoms with E-state index in [1.165, 1.54) is 37.7 Å². The van der Waals surface area contributed by atoms with Crippen LogP contribution in [0.1, 0.15) is 52.9 Å². The van der Waals surface area contributed by atoms with E-state index in [1.54, 1.807) is 5.57 Å². The Morgan fingerprint density at radius 2 is 2.20 bits per heavy atom. The highest BCUT2D eigenvalue weighted by molar-refractivity contribution is 5.23. The first-order chi connectivity index (χ1) is 7.04. The molecule has 0 aromatic rings. The molecule has 0 aliphatic heterocycles. The summed E-state index contributed by atoms with van der Waals surface area (Å²) in [4.78, 5) is 0. The molecule has 15 heavy (non-hydrogen) atoms. The number of fused-ring (bicyclic) bond motifs is 1. The van der Waals surface area contributed by atoms with Gasteiger partial charge in [0.05, 0.1) is 0 Å². The zero-order chi connectivity index (χ0) is 11.1. The fourth-order valence-electron chi connectivity index (χ4n) is 3.46. The molecule has 0 aromatic heterocycles. The van der Waals surface area contributed by atoms with Gasteiger partial charge in [0.25, 0.3) is 0 Å². The number of hydrogen-bond donors (Lipinski definition) is 0. The van der Waals surface area contributed by atoms with Crippen LogP contribution >= 0.6 is 0 Å². The Labute approximate surface area is 94.5 Å². The van der Waals surface area contributed by atoms with Gasteiger partial charge in [0, 0.05) is 0 Å². The van der Waals surface area contributed by atoms with E-state index in [9.17, 15) is 0 Å². The fraction of sp³-hybridized carbons (Fsp3) is 0.733. The lowest BCUT2D eigenvalue weighted by molar-refractivity contribution is 0.151. The SMILES string of the molecule is C=C(C)[C@@H]1CCC2=CCC[C@H](C)C2(C)C1. The summed E-state index contributed by atoms with van der Waals surface area (Å²) in [5, 5.41) is 0. The topological polar surface area (TPSA) is 0 Å². The molecule has 1 unspecified atom stereocenters. The van der Waals surface area contributed by atoms with E-state index in [2.05, 4.69) is 33.4 Å². The van der Waals surface area contributed by atoms with Crippen molar-refractivity contribution in [3.63, 3.8) is 0 Å². The molecule has 0 amide bonds. The van der Waals surface area contributed by atoms with E-state index in [4.69, 9.17) is 0 Å². The lowest BCUT2D eigenvalue weighted by Crippen LogP contribution is -2.36. The van der Waals surface area contributed by atoms with Gasteiger partial charge in [-0.1, -0.05) is 37.6 Å². The summed E-state index contributed by atoms with van der Waals surface area (Å²) < 4.78 is 0. The average molecular weight is 204 g/mol. The highest BCUT2D eigenvalue weighted by Gasteiger charge is 2.41. The van der Waals surface area contributed by atoms with Gasteiger partial charge in [0.2, 0.25) is 0 Å². The predicted octanol–water partition coefficient (Wildman–Crippen LogP) is 4.73. The molecule has 3 atom stereocenters. The molecule has 0 heterocycles. The van der Waals surface area contributed by atoms with Crippen LogP contribution in [0.4, 0.5) is 0 Å². The molecule has 0 nitrogen and oxygen atoms in total. The molecule has 0 N–H and O–H groups in total. The Bertz CT molecular complexity index is 297. The van der Waals surface area contributed by atoms with Crippen molar-refractivity contribution in [1.29, 1.82) is 0 Å². The lowest BCUT2D eigenvalue weighted by Gasteiger charge is -2.47. The molecule has 0 bridgehead atoms. The van der Waals surface area contributed by atoms with Gasteiger partial charge in [-0.15, -0.1) is 0 Å². The summed E-state index contributed by atoms with van der Waals surface area (Å²) in [5.41, 5.74) is 3.63. The largest absolute Gasteiger partial charge is 0.0999 e. The van der Waals surface area contributed by atoms with Crippen LogP contribution in [0, 0.1) is 17.3 Å². The van der Waals surface area contributed by atoms with E-state index in [0.29, 0.717) is 5.41 Å². The zero-order valence-electron chi connectivity index (χ0n) is 10.5. The van der Waals surface area contributed by atoms with Gasteiger partial charge in [-0.05, 0) is 56.3 Å². The number of hydrogen-bond acceptors (Lipinski definition) is 0. The van der Waals surface area contributed by atoms with E-state index in [-0.39, 0.29) is 0 Å². The smallest absolute Gasteiger partial charge is 0.00850 e. The van der Waals surface area contributed by atoms with E-state index < -0.39 is 0 Å². The summed E-state index contributed by atoms with van der Waals surface area (Å²) >= 11 is 0. The van der Waals surface area contributed by atoms with Crippen molar-refractivity contribution in [3.05, 3.63) is 23.8 Å². The maximum atomic E-state index is 4.15. The van der Waals surface area contributed by atoms with Gasteiger partial charge in [-0.2, -0.15) is 0 Å². The molecule has 1 saturated carbocycles. The molecule has 2 aliphatic rings. The van der Waals surface area contributed by atoms with Crippen molar-refractivity contribution in [2.24, 2.45) is 17.3 Å². The van der Waals surface area contributed by atoms with E-state index in [1.807, 2.05) is 0 Å². The third-order valence-corrected chi connectivity index (χ3v) is 4.94. The molecule has 84 valence electrons. The summed E-state index contributed by atoms with van der Waals surface area (Å²) in [6, 6.07) is 0. The van der Waals surface area contributed by atoms with Gasteiger partial charge in [0.1, 0.15) is 0 Å². The van der Waals surface area contributed by atoms with Crippen molar-refractivity contribution >= 4 is 0 Å². The van der Waals surface area contributed by atoms with Crippen LogP contribution in [0.25, 0.3) is 0 Å². The lowest BCUT2D eigenvalue weighted by atomic mass is 9.58. The van der Waals surface area contributed by atoms with Gasteiger partial charge < -0.3 is 0 Å². The fourth-order valence-corrected chi connectivity index (χ4v) is 3.46. The minimum Gasteiger partial charge on any atom is -0.0999 e. The van der Waals surface area contributed by atoms with Crippen molar-refractivity contribution in [2.45, 2.75) is 52.9 Å². The number of rotatable bonds is 1.